The molecule has 9 nitrogen and oxygen atoms in total. The first-order valence-corrected chi connectivity index (χ1v) is 11.4. The van der Waals surface area contributed by atoms with Gasteiger partial charge in [-0.25, -0.2) is 14.6 Å². The number of rotatable bonds is 7. The summed E-state index contributed by atoms with van der Waals surface area (Å²) in [4.78, 5) is 21.6. The predicted octanol–water partition coefficient (Wildman–Crippen LogP) is 3.23. The van der Waals surface area contributed by atoms with Crippen molar-refractivity contribution in [2.24, 2.45) is 0 Å². The summed E-state index contributed by atoms with van der Waals surface area (Å²) in [5.74, 6) is 1.00. The van der Waals surface area contributed by atoms with Gasteiger partial charge in [-0.15, -0.1) is 0 Å². The van der Waals surface area contributed by atoms with Gasteiger partial charge in [0.15, 0.2) is 11.6 Å². The Labute approximate surface area is 197 Å². The van der Waals surface area contributed by atoms with E-state index >= 15 is 0 Å². The Morgan fingerprint density at radius 2 is 2.06 bits per heavy atom. The van der Waals surface area contributed by atoms with Crippen molar-refractivity contribution in [1.82, 2.24) is 29.5 Å². The molecule has 5 rings (SSSR count). The van der Waals surface area contributed by atoms with E-state index in [0.29, 0.717) is 23.9 Å². The van der Waals surface area contributed by atoms with Gasteiger partial charge in [-0.05, 0) is 18.6 Å². The lowest BCUT2D eigenvalue weighted by Gasteiger charge is -2.14. The van der Waals surface area contributed by atoms with Crippen LogP contribution in [0.15, 0.2) is 66.1 Å². The van der Waals surface area contributed by atoms with Gasteiger partial charge in [0.2, 0.25) is 5.43 Å². The summed E-state index contributed by atoms with van der Waals surface area (Å²) in [6, 6.07) is 9.42. The van der Waals surface area contributed by atoms with Crippen LogP contribution in [0.2, 0.25) is 0 Å². The minimum atomic E-state index is -0.217. The van der Waals surface area contributed by atoms with Gasteiger partial charge in [-0.3, -0.25) is 9.48 Å². The molecule has 0 radical (unpaired) electrons. The molecule has 9 heteroatoms. The molecule has 0 N–H and O–H groups in total. The summed E-state index contributed by atoms with van der Waals surface area (Å²) in [6.45, 7) is 6.08. The first-order valence-electron chi connectivity index (χ1n) is 11.4. The standard InChI is InChI=1S/C25H26N6O3/c1-3-30-15-20(12-28-30)31-9-7-23(32)24(29-31)17(2)18-5-4-6-19(11-18)25-26-13-22(14-27-25)34-21-8-10-33-16-21/h4-7,9,11-15,17,21H,3,8,10,16H2,1-2H3. The summed E-state index contributed by atoms with van der Waals surface area (Å²) in [6.07, 6.45) is 9.60. The summed E-state index contributed by atoms with van der Waals surface area (Å²) in [5, 5.41) is 8.92. The topological polar surface area (TPSA) is 97.0 Å². The van der Waals surface area contributed by atoms with E-state index < -0.39 is 0 Å². The van der Waals surface area contributed by atoms with E-state index in [1.54, 1.807) is 35.5 Å². The van der Waals surface area contributed by atoms with Crippen LogP contribution in [0.4, 0.5) is 0 Å². The highest BCUT2D eigenvalue weighted by molar-refractivity contribution is 5.57. The Balaban J connectivity index is 1.38. The molecule has 1 aliphatic heterocycles. The van der Waals surface area contributed by atoms with Crippen LogP contribution in [0.5, 0.6) is 5.75 Å². The molecule has 174 valence electrons. The quantitative estimate of drug-likeness (QED) is 0.419. The second-order valence-electron chi connectivity index (χ2n) is 8.26. The van der Waals surface area contributed by atoms with E-state index in [1.807, 2.05) is 49.0 Å². The Hall–Kier alpha value is -3.85. The molecule has 0 spiro atoms. The second-order valence-corrected chi connectivity index (χ2v) is 8.26. The molecule has 1 saturated heterocycles. The van der Waals surface area contributed by atoms with E-state index in [2.05, 4.69) is 20.2 Å². The molecule has 3 aromatic heterocycles. The molecule has 0 aliphatic carbocycles. The van der Waals surface area contributed by atoms with E-state index in [1.165, 1.54) is 0 Å². The number of aryl methyl sites for hydroxylation is 1. The Morgan fingerprint density at radius 3 is 2.79 bits per heavy atom. The average molecular weight is 459 g/mol. The highest BCUT2D eigenvalue weighted by atomic mass is 16.5. The van der Waals surface area contributed by atoms with Crippen LogP contribution in [-0.2, 0) is 11.3 Å². The van der Waals surface area contributed by atoms with Crippen molar-refractivity contribution in [3.8, 4) is 22.8 Å². The fourth-order valence-corrected chi connectivity index (χ4v) is 3.94. The number of hydrogen-bond donors (Lipinski definition) is 0. The third-order valence-electron chi connectivity index (χ3n) is 5.92. The molecule has 1 aromatic carbocycles. The van der Waals surface area contributed by atoms with Crippen molar-refractivity contribution < 1.29 is 9.47 Å². The number of benzene rings is 1. The summed E-state index contributed by atoms with van der Waals surface area (Å²) in [7, 11) is 0. The Kier molecular flexibility index (Phi) is 6.18. The zero-order valence-electron chi connectivity index (χ0n) is 19.2. The zero-order chi connectivity index (χ0) is 23.5. The van der Waals surface area contributed by atoms with E-state index in [9.17, 15) is 4.79 Å². The summed E-state index contributed by atoms with van der Waals surface area (Å²) in [5.41, 5.74) is 2.98. The van der Waals surface area contributed by atoms with Gasteiger partial charge < -0.3 is 9.47 Å². The monoisotopic (exact) mass is 458 g/mol. The van der Waals surface area contributed by atoms with Gasteiger partial charge in [0, 0.05) is 36.7 Å². The maximum absolute atomic E-state index is 12.7. The number of hydrogen-bond acceptors (Lipinski definition) is 7. The van der Waals surface area contributed by atoms with Crippen LogP contribution in [0, 0.1) is 0 Å². The van der Waals surface area contributed by atoms with Crippen molar-refractivity contribution in [2.45, 2.75) is 38.8 Å². The molecule has 0 saturated carbocycles. The molecule has 1 aliphatic rings. The van der Waals surface area contributed by atoms with Crippen LogP contribution >= 0.6 is 0 Å². The van der Waals surface area contributed by atoms with Crippen molar-refractivity contribution in [2.75, 3.05) is 13.2 Å². The molecule has 4 aromatic rings. The molecule has 34 heavy (non-hydrogen) atoms. The molecule has 1 fully saturated rings. The lowest BCUT2D eigenvalue weighted by atomic mass is 9.95. The largest absolute Gasteiger partial charge is 0.485 e. The number of nitrogens with zero attached hydrogens (tertiary/aromatic N) is 6. The number of aromatic nitrogens is 6. The van der Waals surface area contributed by atoms with Gasteiger partial charge in [0.05, 0.1) is 38.0 Å². The zero-order valence-corrected chi connectivity index (χ0v) is 19.2. The lowest BCUT2D eigenvalue weighted by Crippen LogP contribution is -2.18. The second kappa shape index (κ2) is 9.56. The fourth-order valence-electron chi connectivity index (χ4n) is 3.94. The summed E-state index contributed by atoms with van der Waals surface area (Å²) >= 11 is 0. The fraction of sp³-hybridized carbons (Fsp3) is 0.320. The smallest absolute Gasteiger partial charge is 0.203 e. The van der Waals surface area contributed by atoms with Crippen LogP contribution in [0.1, 0.15) is 37.4 Å². The van der Waals surface area contributed by atoms with Crippen molar-refractivity contribution in [1.29, 1.82) is 0 Å². The molecule has 2 unspecified atom stereocenters. The Morgan fingerprint density at radius 1 is 1.21 bits per heavy atom. The third-order valence-corrected chi connectivity index (χ3v) is 5.92. The lowest BCUT2D eigenvalue weighted by molar-refractivity contribution is 0.141. The van der Waals surface area contributed by atoms with Crippen LogP contribution < -0.4 is 10.2 Å². The minimum Gasteiger partial charge on any atom is -0.485 e. The maximum atomic E-state index is 12.7. The predicted molar refractivity (Wildman–Crippen MR) is 126 cm³/mol. The van der Waals surface area contributed by atoms with Gasteiger partial charge >= 0.3 is 0 Å². The first-order chi connectivity index (χ1) is 16.6. The van der Waals surface area contributed by atoms with Gasteiger partial charge in [-0.1, -0.05) is 25.1 Å². The SMILES string of the molecule is CCn1cc(-n2ccc(=O)c(C(C)c3cccc(-c4ncc(OC5CCOC5)cn4)c3)n2)cn1. The van der Waals surface area contributed by atoms with Gasteiger partial charge in [0.25, 0.3) is 0 Å². The normalized spacial score (nSPS) is 16.5. The molecular weight excluding hydrogens is 432 g/mol. The molecule has 0 amide bonds. The third kappa shape index (κ3) is 4.60. The van der Waals surface area contributed by atoms with E-state index in [-0.39, 0.29) is 17.5 Å². The van der Waals surface area contributed by atoms with Crippen LogP contribution in [0.25, 0.3) is 17.1 Å². The Bertz CT molecular complexity index is 1320. The highest BCUT2D eigenvalue weighted by Crippen LogP contribution is 2.25. The van der Waals surface area contributed by atoms with Crippen molar-refractivity contribution in [3.05, 3.63) is 82.8 Å². The maximum Gasteiger partial charge on any atom is 0.203 e. The van der Waals surface area contributed by atoms with Gasteiger partial charge in [0.1, 0.15) is 17.5 Å². The van der Waals surface area contributed by atoms with Crippen LogP contribution in [0.3, 0.4) is 0 Å². The summed E-state index contributed by atoms with van der Waals surface area (Å²) < 4.78 is 14.7. The van der Waals surface area contributed by atoms with Gasteiger partial charge in [-0.2, -0.15) is 10.2 Å². The van der Waals surface area contributed by atoms with Crippen molar-refractivity contribution in [3.63, 3.8) is 0 Å². The van der Waals surface area contributed by atoms with E-state index in [4.69, 9.17) is 9.47 Å². The van der Waals surface area contributed by atoms with Crippen molar-refractivity contribution >= 4 is 0 Å². The molecule has 4 heterocycles. The number of ether oxygens (including phenoxy) is 2. The first kappa shape index (κ1) is 22.0. The molecular formula is C25H26N6O3. The minimum absolute atomic E-state index is 0.0531. The van der Waals surface area contributed by atoms with Crippen LogP contribution in [-0.4, -0.2) is 48.8 Å². The van der Waals surface area contributed by atoms with E-state index in [0.717, 1.165) is 36.4 Å². The average Bonchev–Trinajstić information content (AvgIpc) is 3.57. The molecule has 0 bridgehead atoms. The highest BCUT2D eigenvalue weighted by Gasteiger charge is 2.18. The molecule has 2 atom stereocenters.